The predicted octanol–water partition coefficient (Wildman–Crippen LogP) is 2.94. The van der Waals surface area contributed by atoms with Crippen LogP contribution < -0.4 is 5.73 Å². The molecule has 3 rings (SSSR count). The van der Waals surface area contributed by atoms with Crippen molar-refractivity contribution in [3.8, 4) is 17.1 Å². The predicted molar refractivity (Wildman–Crippen MR) is 110 cm³/mol. The number of halogens is 2. The molecule has 0 saturated carbocycles. The molecule has 0 bridgehead atoms. The number of alkyl halides is 2. The van der Waals surface area contributed by atoms with E-state index in [2.05, 4.69) is 15.1 Å². The maximum Gasteiger partial charge on any atom is 0.274 e. The maximum absolute atomic E-state index is 13.6. The Kier molecular flexibility index (Phi) is 6.38. The molecular formula is C21H22F2N6O2. The van der Waals surface area contributed by atoms with Crippen molar-refractivity contribution < 1.29 is 18.4 Å². The van der Waals surface area contributed by atoms with Crippen molar-refractivity contribution in [1.82, 2.24) is 24.6 Å². The van der Waals surface area contributed by atoms with Crippen LogP contribution in [-0.4, -0.2) is 56.0 Å². The van der Waals surface area contributed by atoms with Crippen LogP contribution in [0, 0.1) is 0 Å². The lowest BCUT2D eigenvalue weighted by Gasteiger charge is -2.20. The third-order valence-corrected chi connectivity index (χ3v) is 4.81. The van der Waals surface area contributed by atoms with Crippen LogP contribution in [0.2, 0.25) is 0 Å². The second-order valence-electron chi connectivity index (χ2n) is 7.02. The number of nitrogens with zero attached hydrogens (tertiary/aromatic N) is 5. The summed E-state index contributed by atoms with van der Waals surface area (Å²) in [5, 5.41) is 4.37. The Labute approximate surface area is 177 Å². The van der Waals surface area contributed by atoms with Gasteiger partial charge in [-0.25, -0.2) is 13.5 Å². The van der Waals surface area contributed by atoms with Crippen LogP contribution in [0.15, 0.2) is 48.9 Å². The molecule has 0 fully saturated rings. The third kappa shape index (κ3) is 5.08. The highest BCUT2D eigenvalue weighted by Gasteiger charge is 2.28. The molecule has 0 aliphatic heterocycles. The molecule has 0 unspecified atom stereocenters. The molecule has 3 aromatic heterocycles. The summed E-state index contributed by atoms with van der Waals surface area (Å²) < 4.78 is 28.6. The largest absolute Gasteiger partial charge is 0.366 e. The quantitative estimate of drug-likeness (QED) is 0.594. The molecule has 3 heterocycles. The third-order valence-electron chi connectivity index (χ3n) is 4.81. The molecule has 10 heteroatoms. The lowest BCUT2D eigenvalue weighted by atomic mass is 10.1. The first kappa shape index (κ1) is 22.0. The molecule has 2 amide bonds. The van der Waals surface area contributed by atoms with Gasteiger partial charge in [0.25, 0.3) is 5.91 Å². The molecule has 31 heavy (non-hydrogen) atoms. The Bertz CT molecular complexity index is 1070. The lowest BCUT2D eigenvalue weighted by Crippen LogP contribution is -2.32. The molecular weight excluding hydrogens is 406 g/mol. The number of aromatic nitrogens is 4. The van der Waals surface area contributed by atoms with Gasteiger partial charge in [0.05, 0.1) is 28.8 Å². The molecule has 0 radical (unpaired) electrons. The van der Waals surface area contributed by atoms with Crippen molar-refractivity contribution >= 4 is 11.8 Å². The number of hydrogen-bond acceptors (Lipinski definition) is 5. The van der Waals surface area contributed by atoms with Gasteiger partial charge < -0.3 is 10.6 Å². The lowest BCUT2D eigenvalue weighted by molar-refractivity contribution is -0.0167. The van der Waals surface area contributed by atoms with Crippen molar-refractivity contribution in [2.75, 3.05) is 13.6 Å². The summed E-state index contributed by atoms with van der Waals surface area (Å²) in [5.74, 6) is -3.94. The maximum atomic E-state index is 13.6. The van der Waals surface area contributed by atoms with E-state index in [4.69, 9.17) is 5.73 Å². The van der Waals surface area contributed by atoms with Gasteiger partial charge in [-0.2, -0.15) is 5.10 Å². The number of carbonyl (C=O) groups is 2. The fourth-order valence-corrected chi connectivity index (χ4v) is 2.84. The number of amides is 2. The van der Waals surface area contributed by atoms with Gasteiger partial charge in [0, 0.05) is 38.8 Å². The highest BCUT2D eigenvalue weighted by atomic mass is 19.3. The average molecular weight is 428 g/mol. The van der Waals surface area contributed by atoms with E-state index >= 15 is 0 Å². The van der Waals surface area contributed by atoms with E-state index in [0.717, 1.165) is 0 Å². The average Bonchev–Trinajstić information content (AvgIpc) is 3.23. The van der Waals surface area contributed by atoms with Crippen molar-refractivity contribution in [3.63, 3.8) is 0 Å². The highest BCUT2D eigenvalue weighted by Crippen LogP contribution is 2.25. The molecule has 0 saturated heterocycles. The first-order valence-electron chi connectivity index (χ1n) is 9.62. The first-order chi connectivity index (χ1) is 14.7. The Morgan fingerprint density at radius 1 is 1.23 bits per heavy atom. The molecule has 8 nitrogen and oxygen atoms in total. The SMILES string of the molecule is CCC(F)(F)CCN(C)C(=O)c1cc(-c2ccc(C(N)=O)cn2)n(-c2cccnc2)n1. The number of hydrogen-bond donors (Lipinski definition) is 1. The van der Waals surface area contributed by atoms with Gasteiger partial charge in [0.1, 0.15) is 0 Å². The minimum atomic E-state index is -2.83. The minimum Gasteiger partial charge on any atom is -0.366 e. The second-order valence-corrected chi connectivity index (χ2v) is 7.02. The molecule has 0 atom stereocenters. The highest BCUT2D eigenvalue weighted by molar-refractivity contribution is 5.94. The van der Waals surface area contributed by atoms with Crippen LogP contribution in [0.5, 0.6) is 0 Å². The summed E-state index contributed by atoms with van der Waals surface area (Å²) in [6, 6.07) is 8.09. The summed E-state index contributed by atoms with van der Waals surface area (Å²) >= 11 is 0. The number of nitrogens with two attached hydrogens (primary N) is 1. The van der Waals surface area contributed by atoms with Gasteiger partial charge in [-0.05, 0) is 30.3 Å². The van der Waals surface area contributed by atoms with Crippen molar-refractivity contribution in [2.24, 2.45) is 5.73 Å². The normalized spacial score (nSPS) is 11.4. The van der Waals surface area contributed by atoms with Crippen LogP contribution in [0.3, 0.4) is 0 Å². The fourth-order valence-electron chi connectivity index (χ4n) is 2.84. The van der Waals surface area contributed by atoms with Crippen LogP contribution in [0.1, 0.15) is 40.6 Å². The van der Waals surface area contributed by atoms with Crippen LogP contribution in [-0.2, 0) is 0 Å². The van der Waals surface area contributed by atoms with Gasteiger partial charge in [-0.1, -0.05) is 6.92 Å². The Morgan fingerprint density at radius 2 is 2.00 bits per heavy atom. The molecule has 0 spiro atoms. The molecule has 3 aromatic rings. The van der Waals surface area contributed by atoms with E-state index in [1.54, 1.807) is 30.6 Å². The van der Waals surface area contributed by atoms with Crippen LogP contribution in [0.4, 0.5) is 8.78 Å². The minimum absolute atomic E-state index is 0.0712. The van der Waals surface area contributed by atoms with Crippen molar-refractivity contribution in [3.05, 3.63) is 60.2 Å². The fraction of sp³-hybridized carbons (Fsp3) is 0.286. The zero-order valence-corrected chi connectivity index (χ0v) is 17.1. The van der Waals surface area contributed by atoms with E-state index in [0.29, 0.717) is 17.1 Å². The summed E-state index contributed by atoms with van der Waals surface area (Å²) in [6.07, 6.45) is 3.77. The number of pyridine rings is 2. The summed E-state index contributed by atoms with van der Waals surface area (Å²) in [4.78, 5) is 33.7. The second kappa shape index (κ2) is 8.99. The van der Waals surface area contributed by atoms with Gasteiger partial charge in [0.2, 0.25) is 11.8 Å². The summed E-state index contributed by atoms with van der Waals surface area (Å²) in [7, 11) is 1.46. The van der Waals surface area contributed by atoms with E-state index in [1.165, 1.54) is 41.9 Å². The summed E-state index contributed by atoms with van der Waals surface area (Å²) in [5.41, 5.74) is 7.07. The Hall–Kier alpha value is -3.69. The Balaban J connectivity index is 1.95. The van der Waals surface area contributed by atoms with Crippen molar-refractivity contribution in [1.29, 1.82) is 0 Å². The molecule has 0 aliphatic rings. The van der Waals surface area contributed by atoms with E-state index in [9.17, 15) is 18.4 Å². The van der Waals surface area contributed by atoms with Crippen LogP contribution >= 0.6 is 0 Å². The van der Waals surface area contributed by atoms with Gasteiger partial charge in [0.15, 0.2) is 5.69 Å². The molecule has 0 aromatic carbocycles. The zero-order chi connectivity index (χ0) is 22.6. The van der Waals surface area contributed by atoms with E-state index in [1.807, 2.05) is 0 Å². The molecule has 162 valence electrons. The smallest absolute Gasteiger partial charge is 0.274 e. The van der Waals surface area contributed by atoms with Crippen molar-refractivity contribution in [2.45, 2.75) is 25.7 Å². The number of carbonyl (C=O) groups excluding carboxylic acids is 2. The first-order valence-corrected chi connectivity index (χ1v) is 9.62. The van der Waals surface area contributed by atoms with Gasteiger partial charge in [-0.3, -0.25) is 19.6 Å². The van der Waals surface area contributed by atoms with Gasteiger partial charge in [-0.15, -0.1) is 0 Å². The monoisotopic (exact) mass is 428 g/mol. The number of rotatable bonds is 8. The Morgan fingerprint density at radius 3 is 2.58 bits per heavy atom. The van der Waals surface area contributed by atoms with Gasteiger partial charge >= 0.3 is 0 Å². The van der Waals surface area contributed by atoms with Crippen LogP contribution in [0.25, 0.3) is 17.1 Å². The van der Waals surface area contributed by atoms with E-state index in [-0.39, 0.29) is 24.2 Å². The number of primary amides is 1. The summed E-state index contributed by atoms with van der Waals surface area (Å²) in [6.45, 7) is 1.29. The molecule has 0 aliphatic carbocycles. The zero-order valence-electron chi connectivity index (χ0n) is 17.1. The molecule has 2 N–H and O–H groups in total. The topological polar surface area (TPSA) is 107 Å². The standard InChI is InChI=1S/C21H22F2N6O2/c1-3-21(22,23)8-10-28(2)20(31)17-11-18(16-7-6-14(12-26-16)19(24)30)29(27-17)15-5-4-9-25-13-15/h4-7,9,11-13H,3,8,10H2,1-2H3,(H2,24,30). The van der Waals surface area contributed by atoms with E-state index < -0.39 is 24.2 Å².